The molecule has 1 aromatic rings. The van der Waals surface area contributed by atoms with Gasteiger partial charge in [-0.05, 0) is 20.8 Å². The van der Waals surface area contributed by atoms with Crippen LogP contribution in [-0.2, 0) is 4.74 Å². The largest absolute Gasteiger partial charge is 0.372 e. The minimum atomic E-state index is -0.742. The monoisotopic (exact) mass is 323 g/mol. The van der Waals surface area contributed by atoms with Crippen LogP contribution in [0.1, 0.15) is 29.8 Å². The molecule has 1 aliphatic rings. The molecule has 0 N–H and O–H groups in total. The van der Waals surface area contributed by atoms with E-state index >= 15 is 0 Å². The molecule has 1 amide bonds. The van der Waals surface area contributed by atoms with Gasteiger partial charge in [0.2, 0.25) is 0 Å². The van der Waals surface area contributed by atoms with Crippen LogP contribution < -0.4 is 0 Å². The molecule has 0 radical (unpaired) electrons. The van der Waals surface area contributed by atoms with E-state index in [1.165, 1.54) is 11.8 Å². The van der Waals surface area contributed by atoms with Crippen molar-refractivity contribution in [2.24, 2.45) is 0 Å². The minimum Gasteiger partial charge on any atom is -0.372 e. The molecule has 2 unspecified atom stereocenters. The van der Waals surface area contributed by atoms with Crippen molar-refractivity contribution in [2.45, 2.75) is 33.0 Å². The molecule has 1 aromatic carbocycles. The van der Waals surface area contributed by atoms with E-state index in [4.69, 9.17) is 4.74 Å². The number of non-ortho nitro benzene ring substituents is 1. The first-order valence-electron chi connectivity index (χ1n) is 7.08. The number of carbonyl (C=O) groups excluding carboxylic acids is 1. The molecule has 1 heterocycles. The van der Waals surface area contributed by atoms with Crippen LogP contribution in [0.15, 0.2) is 12.1 Å². The molecular weight excluding hydrogens is 306 g/mol. The first kappa shape index (κ1) is 16.8. The van der Waals surface area contributed by atoms with E-state index in [9.17, 15) is 25.0 Å². The summed E-state index contributed by atoms with van der Waals surface area (Å²) in [5, 5.41) is 22.1. The molecule has 0 aliphatic carbocycles. The number of nitrogens with zero attached hydrogens (tertiary/aromatic N) is 3. The molecule has 124 valence electrons. The molecule has 9 heteroatoms. The molecule has 0 bridgehead atoms. The molecule has 0 saturated carbocycles. The van der Waals surface area contributed by atoms with Gasteiger partial charge in [0.15, 0.2) is 0 Å². The lowest BCUT2D eigenvalue weighted by Gasteiger charge is -2.35. The predicted molar refractivity (Wildman–Crippen MR) is 80.4 cm³/mol. The number of nitro groups is 2. The second-order valence-corrected chi connectivity index (χ2v) is 5.62. The number of ether oxygens (including phenoxy) is 1. The van der Waals surface area contributed by atoms with Crippen LogP contribution in [0.2, 0.25) is 0 Å². The van der Waals surface area contributed by atoms with Gasteiger partial charge in [-0.1, -0.05) is 0 Å². The number of benzene rings is 1. The highest BCUT2D eigenvalue weighted by atomic mass is 16.6. The van der Waals surface area contributed by atoms with Gasteiger partial charge in [0, 0.05) is 24.7 Å². The van der Waals surface area contributed by atoms with Gasteiger partial charge >= 0.3 is 0 Å². The quantitative estimate of drug-likeness (QED) is 0.621. The number of carbonyl (C=O) groups is 1. The number of nitro benzene ring substituents is 2. The third-order valence-corrected chi connectivity index (χ3v) is 3.71. The maximum Gasteiger partial charge on any atom is 0.279 e. The standard InChI is InChI=1S/C14H17N3O6/c1-8-6-15(7-9(2)23-8)14(18)12-4-11(16(19)20)5-13(10(12)3)17(21)22/h4-5,8-9H,6-7H2,1-3H3. The Morgan fingerprint density at radius 1 is 1.17 bits per heavy atom. The van der Waals surface area contributed by atoms with Gasteiger partial charge in [-0.3, -0.25) is 25.0 Å². The normalized spacial score (nSPS) is 21.1. The number of rotatable bonds is 3. The second kappa shape index (κ2) is 6.29. The summed E-state index contributed by atoms with van der Waals surface area (Å²) in [7, 11) is 0. The van der Waals surface area contributed by atoms with Gasteiger partial charge in [0.1, 0.15) is 0 Å². The Balaban J connectivity index is 2.46. The van der Waals surface area contributed by atoms with Gasteiger partial charge in [0.05, 0.1) is 33.7 Å². The molecule has 1 aliphatic heterocycles. The first-order valence-corrected chi connectivity index (χ1v) is 7.08. The molecule has 1 saturated heterocycles. The van der Waals surface area contributed by atoms with E-state index in [0.717, 1.165) is 12.1 Å². The SMILES string of the molecule is Cc1c(C(=O)N2CC(C)OC(C)C2)cc([N+](=O)[O-])cc1[N+](=O)[O-]. The summed E-state index contributed by atoms with van der Waals surface area (Å²) < 4.78 is 5.55. The second-order valence-electron chi connectivity index (χ2n) is 5.62. The molecule has 0 spiro atoms. The lowest BCUT2D eigenvalue weighted by Crippen LogP contribution is -2.48. The Hall–Kier alpha value is -2.55. The average Bonchev–Trinajstić information content (AvgIpc) is 2.45. The summed E-state index contributed by atoms with van der Waals surface area (Å²) in [6, 6.07) is 1.96. The van der Waals surface area contributed by atoms with Crippen LogP contribution in [0.25, 0.3) is 0 Å². The third kappa shape index (κ3) is 3.45. The highest BCUT2D eigenvalue weighted by molar-refractivity contribution is 5.97. The Morgan fingerprint density at radius 3 is 2.22 bits per heavy atom. The van der Waals surface area contributed by atoms with E-state index in [1.807, 2.05) is 13.8 Å². The van der Waals surface area contributed by atoms with E-state index in [0.29, 0.717) is 13.1 Å². The zero-order valence-electron chi connectivity index (χ0n) is 13.0. The van der Waals surface area contributed by atoms with Crippen molar-refractivity contribution in [3.05, 3.63) is 43.5 Å². The van der Waals surface area contributed by atoms with Crippen molar-refractivity contribution in [3.8, 4) is 0 Å². The first-order chi connectivity index (χ1) is 10.7. The highest BCUT2D eigenvalue weighted by Gasteiger charge is 2.31. The summed E-state index contributed by atoms with van der Waals surface area (Å²) >= 11 is 0. The van der Waals surface area contributed by atoms with Crippen LogP contribution in [0, 0.1) is 27.2 Å². The van der Waals surface area contributed by atoms with Gasteiger partial charge in [-0.15, -0.1) is 0 Å². The summed E-state index contributed by atoms with van der Waals surface area (Å²) in [4.78, 5) is 34.8. The van der Waals surface area contributed by atoms with Crippen LogP contribution in [0.3, 0.4) is 0 Å². The van der Waals surface area contributed by atoms with Crippen molar-refractivity contribution in [3.63, 3.8) is 0 Å². The van der Waals surface area contributed by atoms with Crippen LogP contribution in [0.5, 0.6) is 0 Å². The topological polar surface area (TPSA) is 116 Å². The number of amides is 1. The van der Waals surface area contributed by atoms with E-state index in [-0.39, 0.29) is 23.3 Å². The molecule has 23 heavy (non-hydrogen) atoms. The summed E-state index contributed by atoms with van der Waals surface area (Å²) in [6.45, 7) is 5.72. The number of hydrogen-bond acceptors (Lipinski definition) is 6. The van der Waals surface area contributed by atoms with Crippen molar-refractivity contribution in [1.82, 2.24) is 4.90 Å². The van der Waals surface area contributed by atoms with Crippen LogP contribution in [0.4, 0.5) is 11.4 Å². The zero-order valence-corrected chi connectivity index (χ0v) is 13.0. The zero-order chi connectivity index (χ0) is 17.3. The smallest absolute Gasteiger partial charge is 0.279 e. The fourth-order valence-corrected chi connectivity index (χ4v) is 2.72. The predicted octanol–water partition coefficient (Wildman–Crippen LogP) is 2.06. The fraction of sp³-hybridized carbons (Fsp3) is 0.500. The maximum atomic E-state index is 12.7. The summed E-state index contributed by atoms with van der Waals surface area (Å²) in [5.41, 5.74) is -0.804. The summed E-state index contributed by atoms with van der Waals surface area (Å²) in [6.07, 6.45) is -0.339. The Morgan fingerprint density at radius 2 is 1.74 bits per heavy atom. The van der Waals surface area contributed by atoms with E-state index in [2.05, 4.69) is 0 Å². The van der Waals surface area contributed by atoms with Gasteiger partial charge in [-0.2, -0.15) is 0 Å². The summed E-state index contributed by atoms with van der Waals surface area (Å²) in [5.74, 6) is -0.462. The highest BCUT2D eigenvalue weighted by Crippen LogP contribution is 2.29. The average molecular weight is 323 g/mol. The van der Waals surface area contributed by atoms with Crippen LogP contribution >= 0.6 is 0 Å². The lowest BCUT2D eigenvalue weighted by molar-refractivity contribution is -0.394. The fourth-order valence-electron chi connectivity index (χ4n) is 2.72. The van der Waals surface area contributed by atoms with Gasteiger partial charge < -0.3 is 9.64 Å². The van der Waals surface area contributed by atoms with E-state index in [1.54, 1.807) is 0 Å². The van der Waals surface area contributed by atoms with Crippen LogP contribution in [-0.4, -0.2) is 46.0 Å². The molecule has 1 fully saturated rings. The number of hydrogen-bond donors (Lipinski definition) is 0. The molecule has 9 nitrogen and oxygen atoms in total. The molecular formula is C14H17N3O6. The van der Waals surface area contributed by atoms with Crippen molar-refractivity contribution < 1.29 is 19.4 Å². The van der Waals surface area contributed by atoms with E-state index < -0.39 is 27.1 Å². The minimum absolute atomic E-state index is 0.0211. The third-order valence-electron chi connectivity index (χ3n) is 3.71. The van der Waals surface area contributed by atoms with Gasteiger partial charge in [0.25, 0.3) is 17.3 Å². The Bertz CT molecular complexity index is 665. The molecule has 2 atom stereocenters. The molecule has 2 rings (SSSR count). The van der Waals surface area contributed by atoms with Gasteiger partial charge in [-0.25, -0.2) is 0 Å². The van der Waals surface area contributed by atoms with Crippen molar-refractivity contribution in [1.29, 1.82) is 0 Å². The Kier molecular flexibility index (Phi) is 4.60. The maximum absolute atomic E-state index is 12.7. The molecule has 0 aromatic heterocycles. The van der Waals surface area contributed by atoms with Crippen molar-refractivity contribution in [2.75, 3.05) is 13.1 Å². The number of morpholine rings is 1. The lowest BCUT2D eigenvalue weighted by atomic mass is 10.0. The van der Waals surface area contributed by atoms with Crippen molar-refractivity contribution >= 4 is 17.3 Å². The Labute approximate surface area is 132 Å².